The second-order valence-electron chi connectivity index (χ2n) is 12.2. The number of nitrogens with one attached hydrogen (secondary N) is 3. The number of thiazole rings is 1. The van der Waals surface area contributed by atoms with Gasteiger partial charge in [0.25, 0.3) is 17.5 Å². The summed E-state index contributed by atoms with van der Waals surface area (Å²) in [5.74, 6) is -1.33. The Labute approximate surface area is 324 Å². The fourth-order valence-corrected chi connectivity index (χ4v) is 7.38. The normalized spacial score (nSPS) is 11.7. The Morgan fingerprint density at radius 3 is 2.13 bits per heavy atom. The average Bonchev–Trinajstić information content (AvgIpc) is 3.69. The van der Waals surface area contributed by atoms with Crippen LogP contribution in [0.2, 0.25) is 0 Å². The third-order valence-corrected chi connectivity index (χ3v) is 10.5. The molecule has 0 spiro atoms. The quantitative estimate of drug-likeness (QED) is 0.0487. The molecule has 3 N–H and O–H groups in total. The van der Waals surface area contributed by atoms with Crippen LogP contribution in [0.1, 0.15) is 26.7 Å². The van der Waals surface area contributed by atoms with Crippen molar-refractivity contribution in [1.29, 1.82) is 0 Å². The summed E-state index contributed by atoms with van der Waals surface area (Å²) in [6, 6.07) is 44.8. The van der Waals surface area contributed by atoms with Crippen molar-refractivity contribution in [1.82, 2.24) is 10.3 Å². The molecule has 10 nitrogen and oxygen atoms in total. The predicted octanol–water partition coefficient (Wildman–Crippen LogP) is 9.75. The Balaban J connectivity index is 1.06. The number of nitrogens with zero attached hydrogens (tertiary/aromatic N) is 2. The van der Waals surface area contributed by atoms with Gasteiger partial charge in [-0.3, -0.25) is 24.5 Å². The zero-order chi connectivity index (χ0) is 38.1. The summed E-state index contributed by atoms with van der Waals surface area (Å²) in [7, 11) is 0. The van der Waals surface area contributed by atoms with Crippen molar-refractivity contribution in [2.45, 2.75) is 10.1 Å². The number of hydrogen-bond donors (Lipinski definition) is 3. The summed E-state index contributed by atoms with van der Waals surface area (Å²) in [6.45, 7) is 0. The van der Waals surface area contributed by atoms with E-state index in [2.05, 4.69) is 40.2 Å². The third kappa shape index (κ3) is 9.19. The Hall–Kier alpha value is -6.89. The molecule has 1 heterocycles. The molecule has 7 rings (SSSR count). The molecule has 0 radical (unpaired) electrons. The van der Waals surface area contributed by atoms with Crippen molar-refractivity contribution in [3.63, 3.8) is 0 Å². The zero-order valence-electron chi connectivity index (χ0n) is 28.9. The van der Waals surface area contributed by atoms with E-state index in [1.165, 1.54) is 53.4 Å². The number of nitro groups is 1. The van der Waals surface area contributed by atoms with E-state index in [1.807, 2.05) is 53.9 Å². The van der Waals surface area contributed by atoms with Crippen LogP contribution in [0.4, 0.5) is 16.5 Å². The highest BCUT2D eigenvalue weighted by Crippen LogP contribution is 2.37. The van der Waals surface area contributed by atoms with Crippen LogP contribution in [0.15, 0.2) is 168 Å². The molecule has 0 saturated heterocycles. The van der Waals surface area contributed by atoms with E-state index in [1.54, 1.807) is 54.6 Å². The molecule has 55 heavy (non-hydrogen) atoms. The van der Waals surface area contributed by atoms with Crippen LogP contribution in [-0.2, 0) is 9.59 Å². The van der Waals surface area contributed by atoms with Crippen LogP contribution in [0, 0.1) is 10.1 Å². The number of benzene rings is 6. The van der Waals surface area contributed by atoms with Gasteiger partial charge in [-0.05, 0) is 82.6 Å². The summed E-state index contributed by atoms with van der Waals surface area (Å²) >= 11 is 2.72. The van der Waals surface area contributed by atoms with Gasteiger partial charge in [-0.25, -0.2) is 4.98 Å². The minimum Gasteiger partial charge on any atom is -0.321 e. The van der Waals surface area contributed by atoms with Crippen molar-refractivity contribution in [2.24, 2.45) is 0 Å². The number of hydrogen-bond acceptors (Lipinski definition) is 8. The van der Waals surface area contributed by atoms with Crippen LogP contribution >= 0.6 is 23.1 Å². The Morgan fingerprint density at radius 2 is 1.42 bits per heavy atom. The lowest BCUT2D eigenvalue weighted by Crippen LogP contribution is -2.30. The van der Waals surface area contributed by atoms with Gasteiger partial charge < -0.3 is 16.0 Å². The molecule has 7 aromatic rings. The summed E-state index contributed by atoms with van der Waals surface area (Å²) in [6.07, 6.45) is 1.44. The number of thioether (sulfide) groups is 1. The van der Waals surface area contributed by atoms with Gasteiger partial charge in [0, 0.05) is 39.2 Å². The SMILES string of the molecule is O=C(Nc1ccc(SC(C(=O)Nc2nc(-c3ccc4ccccc4c3)cs2)c2ccccc2)cc1)/C(=C/c1ccc([N+](=O)[O-])cc1)NC(=O)c1ccccc1. The monoisotopic (exact) mass is 761 g/mol. The van der Waals surface area contributed by atoms with E-state index in [0.29, 0.717) is 21.9 Å². The van der Waals surface area contributed by atoms with Crippen molar-refractivity contribution in [2.75, 3.05) is 10.6 Å². The first-order valence-corrected chi connectivity index (χ1v) is 18.8. The molecule has 270 valence electrons. The van der Waals surface area contributed by atoms with Crippen LogP contribution < -0.4 is 16.0 Å². The molecular formula is C43H31N5O5S2. The molecule has 1 atom stereocenters. The Bertz CT molecular complexity index is 2520. The first kappa shape index (κ1) is 36.5. The second-order valence-corrected chi connectivity index (χ2v) is 14.2. The fraction of sp³-hybridized carbons (Fsp3) is 0.0233. The molecule has 3 amide bonds. The minimum atomic E-state index is -0.612. The molecule has 6 aromatic carbocycles. The predicted molar refractivity (Wildman–Crippen MR) is 219 cm³/mol. The maximum absolute atomic E-state index is 13.8. The van der Waals surface area contributed by atoms with E-state index < -0.39 is 22.0 Å². The van der Waals surface area contributed by atoms with Crippen LogP contribution in [-0.4, -0.2) is 27.6 Å². The van der Waals surface area contributed by atoms with Gasteiger partial charge >= 0.3 is 0 Å². The first-order valence-electron chi connectivity index (χ1n) is 17.0. The van der Waals surface area contributed by atoms with E-state index in [4.69, 9.17) is 4.98 Å². The lowest BCUT2D eigenvalue weighted by atomic mass is 10.1. The van der Waals surface area contributed by atoms with Gasteiger partial charge in [0.1, 0.15) is 10.9 Å². The first-order chi connectivity index (χ1) is 26.8. The number of anilines is 2. The smallest absolute Gasteiger partial charge is 0.272 e. The number of fused-ring (bicyclic) bond motifs is 1. The van der Waals surface area contributed by atoms with Gasteiger partial charge in [0.2, 0.25) is 5.91 Å². The maximum Gasteiger partial charge on any atom is 0.272 e. The third-order valence-electron chi connectivity index (χ3n) is 8.43. The molecule has 0 aliphatic carbocycles. The Morgan fingerprint density at radius 1 is 0.745 bits per heavy atom. The highest BCUT2D eigenvalue weighted by Gasteiger charge is 2.24. The number of nitro benzene ring substituents is 1. The number of amides is 3. The zero-order valence-corrected chi connectivity index (χ0v) is 30.6. The van der Waals surface area contributed by atoms with Gasteiger partial charge in [-0.15, -0.1) is 23.1 Å². The molecule has 0 bridgehead atoms. The summed E-state index contributed by atoms with van der Waals surface area (Å²) in [5, 5.41) is 23.7. The lowest BCUT2D eigenvalue weighted by Gasteiger charge is -2.17. The summed E-state index contributed by atoms with van der Waals surface area (Å²) < 4.78 is 0. The Kier molecular flexibility index (Phi) is 11.2. The van der Waals surface area contributed by atoms with Crippen LogP contribution in [0.25, 0.3) is 28.1 Å². The van der Waals surface area contributed by atoms with Crippen LogP contribution in [0.3, 0.4) is 0 Å². The van der Waals surface area contributed by atoms with E-state index >= 15 is 0 Å². The summed E-state index contributed by atoms with van der Waals surface area (Å²) in [5.41, 5.74) is 3.66. The lowest BCUT2D eigenvalue weighted by molar-refractivity contribution is -0.384. The number of aromatic nitrogens is 1. The summed E-state index contributed by atoms with van der Waals surface area (Å²) in [4.78, 5) is 56.5. The standard InChI is InChI=1S/C43H31N5O5S2/c49-40(31-12-5-2-6-13-31)45-37(25-28-15-21-35(22-16-28)48(52)53)41(50)44-34-19-23-36(24-20-34)55-39(30-10-3-1-4-11-30)42(51)47-43-46-38(27-54-43)33-18-17-29-9-7-8-14-32(29)26-33/h1-27,39H,(H,44,50)(H,45,49)(H,46,47,51)/b37-25-. The van der Waals surface area contributed by atoms with Crippen molar-refractivity contribution in [3.05, 3.63) is 190 Å². The van der Waals surface area contributed by atoms with Gasteiger partial charge in [0.05, 0.1) is 10.6 Å². The molecule has 12 heteroatoms. The molecular weight excluding hydrogens is 731 g/mol. The molecule has 1 aromatic heterocycles. The largest absolute Gasteiger partial charge is 0.321 e. The van der Waals surface area contributed by atoms with E-state index in [0.717, 1.165) is 32.5 Å². The van der Waals surface area contributed by atoms with Gasteiger partial charge in [-0.2, -0.15) is 0 Å². The average molecular weight is 762 g/mol. The highest BCUT2D eigenvalue weighted by molar-refractivity contribution is 8.00. The minimum absolute atomic E-state index is 0.0621. The molecule has 0 saturated carbocycles. The van der Waals surface area contributed by atoms with Gasteiger partial charge in [0.15, 0.2) is 5.13 Å². The highest BCUT2D eigenvalue weighted by atomic mass is 32.2. The van der Waals surface area contributed by atoms with Crippen molar-refractivity contribution in [3.8, 4) is 11.3 Å². The van der Waals surface area contributed by atoms with Crippen LogP contribution in [0.5, 0.6) is 0 Å². The van der Waals surface area contributed by atoms with E-state index in [9.17, 15) is 24.5 Å². The number of carbonyl (C=O) groups excluding carboxylic acids is 3. The maximum atomic E-state index is 13.8. The molecule has 0 fully saturated rings. The topological polar surface area (TPSA) is 143 Å². The van der Waals surface area contributed by atoms with Crippen molar-refractivity contribution < 1.29 is 19.3 Å². The second kappa shape index (κ2) is 16.8. The van der Waals surface area contributed by atoms with Gasteiger partial charge in [-0.1, -0.05) is 84.9 Å². The number of rotatable bonds is 12. The number of non-ortho nitro benzene ring substituents is 1. The molecule has 1 unspecified atom stereocenters. The van der Waals surface area contributed by atoms with Crippen molar-refractivity contribution >= 4 is 74.2 Å². The number of carbonyl (C=O) groups is 3. The van der Waals surface area contributed by atoms with E-state index in [-0.39, 0.29) is 17.3 Å². The fourth-order valence-electron chi connectivity index (χ4n) is 5.64. The molecule has 0 aliphatic heterocycles. The molecule has 0 aliphatic rings.